The summed E-state index contributed by atoms with van der Waals surface area (Å²) in [6.45, 7) is 2.48. The van der Waals surface area contributed by atoms with Crippen LogP contribution in [0.25, 0.3) is 6.08 Å². The number of benzene rings is 1. The predicted molar refractivity (Wildman–Crippen MR) is 88.3 cm³/mol. The molecule has 2 rings (SSSR count). The summed E-state index contributed by atoms with van der Waals surface area (Å²) in [5, 5.41) is 17.4. The van der Waals surface area contributed by atoms with E-state index in [1.165, 1.54) is 10.9 Å². The Morgan fingerprint density at radius 2 is 2.14 bits per heavy atom. The first-order valence-electron chi connectivity index (χ1n) is 6.40. The number of tetrazole rings is 1. The van der Waals surface area contributed by atoms with Crippen LogP contribution in [0.5, 0.6) is 0 Å². The lowest BCUT2D eigenvalue weighted by molar-refractivity contribution is -0.115. The Balaban J connectivity index is 1.85. The van der Waals surface area contributed by atoms with Crippen LogP contribution in [0.2, 0.25) is 5.02 Å². The molecule has 9 heteroatoms. The zero-order valence-corrected chi connectivity index (χ0v) is 13.2. The van der Waals surface area contributed by atoms with E-state index in [0.717, 1.165) is 5.56 Å². The first-order valence-corrected chi connectivity index (χ1v) is 7.19. The second-order valence-corrected chi connectivity index (χ2v) is 4.97. The van der Waals surface area contributed by atoms with E-state index in [9.17, 15) is 4.79 Å². The van der Waals surface area contributed by atoms with E-state index < -0.39 is 0 Å². The molecule has 2 aromatic rings. The number of nitrogens with zero attached hydrogens (tertiary/aromatic N) is 4. The highest BCUT2D eigenvalue weighted by molar-refractivity contribution is 7.80. The van der Waals surface area contributed by atoms with Crippen molar-refractivity contribution in [1.82, 2.24) is 25.5 Å². The number of hydrogen-bond donors (Lipinski definition) is 2. The minimum Gasteiger partial charge on any atom is -0.299 e. The molecular formula is C13H13ClN6OS. The van der Waals surface area contributed by atoms with Crippen molar-refractivity contribution in [2.75, 3.05) is 5.32 Å². The topological polar surface area (TPSA) is 84.7 Å². The van der Waals surface area contributed by atoms with E-state index in [4.69, 9.17) is 23.8 Å². The van der Waals surface area contributed by atoms with Crippen LogP contribution in [-0.2, 0) is 11.3 Å². The summed E-state index contributed by atoms with van der Waals surface area (Å²) < 4.78 is 0. The van der Waals surface area contributed by atoms with Crippen molar-refractivity contribution in [3.8, 4) is 0 Å². The molecule has 0 saturated carbocycles. The number of aryl methyl sites for hydroxylation is 1. The Morgan fingerprint density at radius 3 is 2.77 bits per heavy atom. The van der Waals surface area contributed by atoms with Crippen LogP contribution in [0.3, 0.4) is 0 Å². The molecule has 0 fully saturated rings. The van der Waals surface area contributed by atoms with E-state index in [0.29, 0.717) is 11.6 Å². The van der Waals surface area contributed by atoms with Gasteiger partial charge in [-0.05, 0) is 48.1 Å². The smallest absolute Gasteiger partial charge is 0.269 e. The van der Waals surface area contributed by atoms with Crippen molar-refractivity contribution >= 4 is 46.9 Å². The zero-order chi connectivity index (χ0) is 15.9. The number of anilines is 1. The molecule has 0 aliphatic carbocycles. The van der Waals surface area contributed by atoms with Gasteiger partial charge in [-0.25, -0.2) is 0 Å². The van der Waals surface area contributed by atoms with Gasteiger partial charge in [-0.3, -0.25) is 15.4 Å². The third-order valence-electron chi connectivity index (χ3n) is 2.49. The number of hydrogen-bond acceptors (Lipinski definition) is 5. The van der Waals surface area contributed by atoms with Crippen molar-refractivity contribution in [2.45, 2.75) is 13.5 Å². The lowest BCUT2D eigenvalue weighted by Gasteiger charge is -2.03. The summed E-state index contributed by atoms with van der Waals surface area (Å²) in [7, 11) is 0. The number of amides is 1. The second kappa shape index (κ2) is 7.62. The number of rotatable bonds is 4. The molecule has 1 aromatic carbocycles. The molecule has 0 unspecified atom stereocenters. The molecule has 0 aliphatic heterocycles. The van der Waals surface area contributed by atoms with Crippen LogP contribution in [0, 0.1) is 0 Å². The van der Waals surface area contributed by atoms with Crippen LogP contribution in [0.1, 0.15) is 12.5 Å². The predicted octanol–water partition coefficient (Wildman–Crippen LogP) is 1.87. The lowest BCUT2D eigenvalue weighted by Crippen LogP contribution is -2.33. The molecule has 0 bridgehead atoms. The third-order valence-corrected chi connectivity index (χ3v) is 2.95. The molecule has 1 aromatic heterocycles. The van der Waals surface area contributed by atoms with Gasteiger partial charge in [-0.2, -0.15) is 4.80 Å². The molecule has 2 N–H and O–H groups in total. The van der Waals surface area contributed by atoms with Gasteiger partial charge in [-0.15, -0.1) is 5.10 Å². The van der Waals surface area contributed by atoms with Gasteiger partial charge >= 0.3 is 0 Å². The average Bonchev–Trinajstić information content (AvgIpc) is 2.94. The number of carbonyl (C=O) groups excluding carboxylic acids is 1. The fourth-order valence-corrected chi connectivity index (χ4v) is 1.78. The maximum atomic E-state index is 11.7. The first kappa shape index (κ1) is 16.1. The SMILES string of the molecule is CCn1nnc(NC(=S)NC(=O)/C=C/c2ccc(Cl)cc2)n1. The molecule has 1 amide bonds. The molecule has 0 atom stereocenters. The van der Waals surface area contributed by atoms with Crippen LogP contribution in [0.15, 0.2) is 30.3 Å². The zero-order valence-electron chi connectivity index (χ0n) is 11.7. The molecule has 0 aliphatic rings. The number of carbonyl (C=O) groups is 1. The molecule has 0 radical (unpaired) electrons. The van der Waals surface area contributed by atoms with Gasteiger partial charge in [0.2, 0.25) is 5.91 Å². The highest BCUT2D eigenvalue weighted by atomic mass is 35.5. The summed E-state index contributed by atoms with van der Waals surface area (Å²) in [6.07, 6.45) is 3.02. The summed E-state index contributed by atoms with van der Waals surface area (Å²) >= 11 is 10.8. The Morgan fingerprint density at radius 1 is 1.41 bits per heavy atom. The van der Waals surface area contributed by atoms with Crippen LogP contribution >= 0.6 is 23.8 Å². The van der Waals surface area contributed by atoms with Gasteiger partial charge in [0, 0.05) is 11.1 Å². The number of halogens is 1. The van der Waals surface area contributed by atoms with E-state index in [1.54, 1.807) is 30.3 Å². The molecule has 22 heavy (non-hydrogen) atoms. The monoisotopic (exact) mass is 336 g/mol. The van der Waals surface area contributed by atoms with Crippen molar-refractivity contribution in [1.29, 1.82) is 0 Å². The van der Waals surface area contributed by atoms with E-state index >= 15 is 0 Å². The highest BCUT2D eigenvalue weighted by Gasteiger charge is 2.05. The summed E-state index contributed by atoms with van der Waals surface area (Å²) in [6, 6.07) is 7.09. The number of aromatic nitrogens is 4. The van der Waals surface area contributed by atoms with Gasteiger partial charge in [0.15, 0.2) is 5.11 Å². The van der Waals surface area contributed by atoms with Crippen molar-refractivity contribution < 1.29 is 4.79 Å². The molecule has 114 valence electrons. The second-order valence-electron chi connectivity index (χ2n) is 4.13. The van der Waals surface area contributed by atoms with Gasteiger partial charge in [0.25, 0.3) is 5.95 Å². The summed E-state index contributed by atoms with van der Waals surface area (Å²) in [5.74, 6) is -0.135. The number of nitrogens with one attached hydrogen (secondary N) is 2. The first-order chi connectivity index (χ1) is 10.6. The van der Waals surface area contributed by atoms with Crippen LogP contribution in [-0.4, -0.2) is 31.2 Å². The summed E-state index contributed by atoms with van der Waals surface area (Å²) in [5.41, 5.74) is 0.853. The standard InChI is InChI=1S/C13H13ClN6OS/c1-2-20-18-12(17-19-20)16-13(22)15-11(21)8-5-9-3-6-10(14)7-4-9/h3-8H,2H2,1H3,(H2,15,16,18,21,22)/b8-5+. The van der Waals surface area contributed by atoms with E-state index in [2.05, 4.69) is 26.0 Å². The molecule has 0 spiro atoms. The highest BCUT2D eigenvalue weighted by Crippen LogP contribution is 2.10. The van der Waals surface area contributed by atoms with Gasteiger partial charge in [-0.1, -0.05) is 28.8 Å². The largest absolute Gasteiger partial charge is 0.299 e. The van der Waals surface area contributed by atoms with Gasteiger partial charge < -0.3 is 0 Å². The minimum atomic E-state index is -0.365. The van der Waals surface area contributed by atoms with Crippen LogP contribution < -0.4 is 10.6 Å². The molecule has 0 saturated heterocycles. The van der Waals surface area contributed by atoms with Crippen molar-refractivity contribution in [2.24, 2.45) is 0 Å². The van der Waals surface area contributed by atoms with Crippen molar-refractivity contribution in [3.63, 3.8) is 0 Å². The maximum absolute atomic E-state index is 11.7. The fourth-order valence-electron chi connectivity index (χ4n) is 1.46. The molecular weight excluding hydrogens is 324 g/mol. The maximum Gasteiger partial charge on any atom is 0.269 e. The number of thiocarbonyl (C=S) groups is 1. The third kappa shape index (κ3) is 4.90. The van der Waals surface area contributed by atoms with Gasteiger partial charge in [0.05, 0.1) is 6.54 Å². The Kier molecular flexibility index (Phi) is 5.56. The van der Waals surface area contributed by atoms with E-state index in [1.807, 2.05) is 6.92 Å². The van der Waals surface area contributed by atoms with Gasteiger partial charge in [0.1, 0.15) is 0 Å². The average molecular weight is 337 g/mol. The Labute approximate surface area is 137 Å². The van der Waals surface area contributed by atoms with E-state index in [-0.39, 0.29) is 17.0 Å². The lowest BCUT2D eigenvalue weighted by atomic mass is 10.2. The summed E-state index contributed by atoms with van der Waals surface area (Å²) in [4.78, 5) is 13.1. The van der Waals surface area contributed by atoms with Crippen LogP contribution in [0.4, 0.5) is 5.95 Å². The Hall–Kier alpha value is -2.32. The fraction of sp³-hybridized carbons (Fsp3) is 0.154. The normalized spacial score (nSPS) is 10.6. The quantitative estimate of drug-likeness (QED) is 0.655. The van der Waals surface area contributed by atoms with Crippen molar-refractivity contribution in [3.05, 3.63) is 40.9 Å². The molecule has 1 heterocycles. The molecule has 7 nitrogen and oxygen atoms in total. The minimum absolute atomic E-state index is 0.0985. The Bertz CT molecular complexity index is 697.